The first-order chi connectivity index (χ1) is 30.0. The van der Waals surface area contributed by atoms with E-state index in [1.807, 2.05) is 0 Å². The number of esters is 3. The fraction of sp³-hybridized carbons (Fsp3) is 0.691. The van der Waals surface area contributed by atoms with Gasteiger partial charge in [-0.3, -0.25) is 14.4 Å². The third kappa shape index (κ3) is 47.5. The number of unbranched alkanes of at least 4 members (excludes halogenated alkanes) is 19. The van der Waals surface area contributed by atoms with Crippen molar-refractivity contribution in [3.8, 4) is 0 Å². The molecule has 0 aliphatic heterocycles. The van der Waals surface area contributed by atoms with E-state index in [1.165, 1.54) is 70.6 Å². The maximum absolute atomic E-state index is 12.7. The molecule has 0 N–H and O–H groups in total. The van der Waals surface area contributed by atoms with Crippen LogP contribution in [-0.2, 0) is 28.6 Å². The van der Waals surface area contributed by atoms with Gasteiger partial charge in [-0.2, -0.15) is 0 Å². The van der Waals surface area contributed by atoms with Crippen LogP contribution in [0.1, 0.15) is 226 Å². The molecule has 1 atom stereocenters. The molecular weight excluding hydrogens is 757 g/mol. The lowest BCUT2D eigenvalue weighted by Crippen LogP contribution is -2.30. The minimum atomic E-state index is -0.792. The zero-order valence-corrected chi connectivity index (χ0v) is 39.7. The van der Waals surface area contributed by atoms with Crippen molar-refractivity contribution < 1.29 is 28.6 Å². The molecule has 0 aromatic rings. The van der Waals surface area contributed by atoms with Gasteiger partial charge in [-0.15, -0.1) is 0 Å². The molecule has 0 amide bonds. The molecule has 0 bridgehead atoms. The Labute approximate surface area is 375 Å². The van der Waals surface area contributed by atoms with Crippen molar-refractivity contribution in [2.75, 3.05) is 13.2 Å². The highest BCUT2D eigenvalue weighted by molar-refractivity contribution is 5.71. The van der Waals surface area contributed by atoms with E-state index in [2.05, 4.69) is 106 Å². The van der Waals surface area contributed by atoms with Gasteiger partial charge < -0.3 is 14.2 Å². The molecule has 0 aromatic heterocycles. The van der Waals surface area contributed by atoms with Crippen molar-refractivity contribution in [3.63, 3.8) is 0 Å². The van der Waals surface area contributed by atoms with Crippen molar-refractivity contribution in [1.82, 2.24) is 0 Å². The summed E-state index contributed by atoms with van der Waals surface area (Å²) in [5, 5.41) is 0. The van der Waals surface area contributed by atoms with Crippen LogP contribution in [0.3, 0.4) is 0 Å². The summed E-state index contributed by atoms with van der Waals surface area (Å²) in [7, 11) is 0. The van der Waals surface area contributed by atoms with Gasteiger partial charge in [0, 0.05) is 19.3 Å². The van der Waals surface area contributed by atoms with E-state index in [9.17, 15) is 14.4 Å². The molecule has 0 fully saturated rings. The van der Waals surface area contributed by atoms with Gasteiger partial charge in [-0.25, -0.2) is 0 Å². The lowest BCUT2D eigenvalue weighted by Gasteiger charge is -2.18. The lowest BCUT2D eigenvalue weighted by atomic mass is 10.1. The van der Waals surface area contributed by atoms with Gasteiger partial charge in [-0.05, 0) is 96.3 Å². The standard InChI is InChI=1S/C55H92O6/c1-4-7-10-13-16-18-20-22-24-26-27-29-30-32-34-36-39-42-45-48-54(57)60-51-52(50-59-53(56)47-44-41-38-15-12-9-6-3)61-55(58)49-46-43-40-37-35-33-31-28-25-23-21-19-17-14-11-8-5-2/h8,11,16-19,22-25,27,29,31,33,52H,4-7,9-10,12-15,20-21,26,28,30,32,34-51H2,1-3H3/b11-8-,18-16-,19-17-,24-22-,25-23-,29-27-,33-31-. The third-order valence-corrected chi connectivity index (χ3v) is 10.4. The molecule has 0 radical (unpaired) electrons. The van der Waals surface area contributed by atoms with E-state index < -0.39 is 6.10 Å². The minimum absolute atomic E-state index is 0.0913. The first-order valence-electron chi connectivity index (χ1n) is 25.1. The Kier molecular flexibility index (Phi) is 46.5. The van der Waals surface area contributed by atoms with Crippen LogP contribution in [0.5, 0.6) is 0 Å². The van der Waals surface area contributed by atoms with Gasteiger partial charge in [0.25, 0.3) is 0 Å². The van der Waals surface area contributed by atoms with Crippen molar-refractivity contribution in [2.45, 2.75) is 232 Å². The smallest absolute Gasteiger partial charge is 0.306 e. The fourth-order valence-electron chi connectivity index (χ4n) is 6.61. The average molecular weight is 849 g/mol. The molecule has 0 saturated heterocycles. The predicted octanol–water partition coefficient (Wildman–Crippen LogP) is 16.4. The lowest BCUT2D eigenvalue weighted by molar-refractivity contribution is -0.167. The number of ether oxygens (including phenoxy) is 3. The number of carbonyl (C=O) groups excluding carboxylic acids is 3. The summed E-state index contributed by atoms with van der Waals surface area (Å²) in [6.07, 6.45) is 62.9. The molecule has 0 saturated carbocycles. The van der Waals surface area contributed by atoms with Crippen molar-refractivity contribution in [1.29, 1.82) is 0 Å². The second kappa shape index (κ2) is 49.2. The molecule has 0 aromatic carbocycles. The molecule has 61 heavy (non-hydrogen) atoms. The largest absolute Gasteiger partial charge is 0.462 e. The first-order valence-corrected chi connectivity index (χ1v) is 25.1. The maximum atomic E-state index is 12.7. The van der Waals surface area contributed by atoms with Crippen LogP contribution in [0.25, 0.3) is 0 Å². The highest BCUT2D eigenvalue weighted by Gasteiger charge is 2.19. The van der Waals surface area contributed by atoms with E-state index in [4.69, 9.17) is 14.2 Å². The summed E-state index contributed by atoms with van der Waals surface area (Å²) in [6.45, 7) is 6.41. The van der Waals surface area contributed by atoms with Crippen LogP contribution in [0.4, 0.5) is 0 Å². The average Bonchev–Trinajstić information content (AvgIpc) is 3.26. The molecule has 0 rings (SSSR count). The zero-order chi connectivity index (χ0) is 44.4. The maximum Gasteiger partial charge on any atom is 0.306 e. The number of rotatable bonds is 44. The monoisotopic (exact) mass is 849 g/mol. The number of hydrogen-bond acceptors (Lipinski definition) is 6. The molecule has 0 heterocycles. The highest BCUT2D eigenvalue weighted by Crippen LogP contribution is 2.13. The Morgan fingerprint density at radius 1 is 0.344 bits per heavy atom. The Balaban J connectivity index is 4.35. The summed E-state index contributed by atoms with van der Waals surface area (Å²) >= 11 is 0. The Morgan fingerprint density at radius 3 is 1.03 bits per heavy atom. The molecule has 6 heteroatoms. The number of hydrogen-bond donors (Lipinski definition) is 0. The highest BCUT2D eigenvalue weighted by atomic mass is 16.6. The number of allylic oxidation sites excluding steroid dienone is 14. The van der Waals surface area contributed by atoms with Crippen molar-refractivity contribution >= 4 is 17.9 Å². The second-order valence-corrected chi connectivity index (χ2v) is 16.3. The first kappa shape index (κ1) is 57.6. The Hall–Kier alpha value is -3.41. The second-order valence-electron chi connectivity index (χ2n) is 16.3. The van der Waals surface area contributed by atoms with Crippen LogP contribution < -0.4 is 0 Å². The molecule has 6 nitrogen and oxygen atoms in total. The summed E-state index contributed by atoms with van der Waals surface area (Å²) in [4.78, 5) is 37.8. The van der Waals surface area contributed by atoms with Gasteiger partial charge in [0.2, 0.25) is 0 Å². The van der Waals surface area contributed by atoms with Crippen LogP contribution >= 0.6 is 0 Å². The SMILES string of the molecule is CC/C=C\C/C=C\C/C=C\C/C=C\CCCCCCC(=O)OC(COC(=O)CCCCCCCCC)COC(=O)CCCCCCCC/C=C\C/C=C\C/C=C\CCCCC. The molecule has 1 unspecified atom stereocenters. The number of carbonyl (C=O) groups is 3. The van der Waals surface area contributed by atoms with E-state index in [0.717, 1.165) is 116 Å². The van der Waals surface area contributed by atoms with Gasteiger partial charge in [0.1, 0.15) is 13.2 Å². The molecule has 348 valence electrons. The molecule has 0 aliphatic rings. The van der Waals surface area contributed by atoms with Crippen LogP contribution in [0.15, 0.2) is 85.1 Å². The van der Waals surface area contributed by atoms with Crippen LogP contribution in [-0.4, -0.2) is 37.2 Å². The summed E-state index contributed by atoms with van der Waals surface area (Å²) in [5.41, 5.74) is 0. The summed E-state index contributed by atoms with van der Waals surface area (Å²) < 4.78 is 16.7. The molecule has 0 aliphatic carbocycles. The molecule has 0 spiro atoms. The van der Waals surface area contributed by atoms with Gasteiger partial charge in [0.05, 0.1) is 0 Å². The summed E-state index contributed by atoms with van der Waals surface area (Å²) in [6, 6.07) is 0. The molecular formula is C55H92O6. The van der Waals surface area contributed by atoms with Crippen LogP contribution in [0, 0.1) is 0 Å². The zero-order valence-electron chi connectivity index (χ0n) is 39.7. The van der Waals surface area contributed by atoms with Crippen molar-refractivity contribution in [2.24, 2.45) is 0 Å². The van der Waals surface area contributed by atoms with Crippen molar-refractivity contribution in [3.05, 3.63) is 85.1 Å². The predicted molar refractivity (Wildman–Crippen MR) is 261 cm³/mol. The van der Waals surface area contributed by atoms with E-state index >= 15 is 0 Å². The quantitative estimate of drug-likeness (QED) is 0.0263. The van der Waals surface area contributed by atoms with Crippen LogP contribution in [0.2, 0.25) is 0 Å². The van der Waals surface area contributed by atoms with Gasteiger partial charge in [0.15, 0.2) is 6.10 Å². The summed E-state index contributed by atoms with van der Waals surface area (Å²) in [5.74, 6) is -0.938. The van der Waals surface area contributed by atoms with E-state index in [1.54, 1.807) is 0 Å². The normalized spacial score (nSPS) is 12.8. The van der Waals surface area contributed by atoms with E-state index in [-0.39, 0.29) is 31.1 Å². The topological polar surface area (TPSA) is 78.9 Å². The van der Waals surface area contributed by atoms with Gasteiger partial charge in [-0.1, -0.05) is 196 Å². The minimum Gasteiger partial charge on any atom is -0.462 e. The Morgan fingerprint density at radius 2 is 0.639 bits per heavy atom. The fourth-order valence-corrected chi connectivity index (χ4v) is 6.61. The third-order valence-electron chi connectivity index (χ3n) is 10.4. The Bertz CT molecular complexity index is 1200. The van der Waals surface area contributed by atoms with Gasteiger partial charge >= 0.3 is 17.9 Å². The van der Waals surface area contributed by atoms with E-state index in [0.29, 0.717) is 19.3 Å².